The second kappa shape index (κ2) is 7.01. The summed E-state index contributed by atoms with van der Waals surface area (Å²) in [6.45, 7) is 0.165. The number of benzene rings is 2. The molecule has 132 valence electrons. The maximum Gasteiger partial charge on any atom is 0.338 e. The minimum Gasteiger partial charge on any atom is -0.454 e. The van der Waals surface area contributed by atoms with E-state index >= 15 is 0 Å². The number of carbonyl (C=O) groups excluding carboxylic acids is 2. The number of hydrogen-bond acceptors (Lipinski definition) is 7. The number of thiazole rings is 1. The molecule has 1 aliphatic heterocycles. The van der Waals surface area contributed by atoms with Crippen molar-refractivity contribution in [3.05, 3.63) is 53.0 Å². The van der Waals surface area contributed by atoms with Crippen LogP contribution in [0.1, 0.15) is 15.9 Å². The van der Waals surface area contributed by atoms with Gasteiger partial charge in [-0.15, -0.1) is 11.3 Å². The zero-order valence-electron chi connectivity index (χ0n) is 13.6. The van der Waals surface area contributed by atoms with Gasteiger partial charge < -0.3 is 19.5 Å². The van der Waals surface area contributed by atoms with E-state index in [0.29, 0.717) is 23.6 Å². The summed E-state index contributed by atoms with van der Waals surface area (Å²) in [5, 5.41) is 2.70. The van der Waals surface area contributed by atoms with Crippen LogP contribution in [-0.2, 0) is 16.1 Å². The van der Waals surface area contributed by atoms with E-state index in [9.17, 15) is 9.59 Å². The molecule has 0 unspecified atom stereocenters. The molecule has 0 saturated carbocycles. The van der Waals surface area contributed by atoms with Crippen molar-refractivity contribution in [1.29, 1.82) is 0 Å². The van der Waals surface area contributed by atoms with E-state index in [4.69, 9.17) is 14.2 Å². The predicted molar refractivity (Wildman–Crippen MR) is 94.3 cm³/mol. The normalized spacial score (nSPS) is 12.2. The largest absolute Gasteiger partial charge is 0.454 e. The standard InChI is InChI=1S/C18H14N2O5S/c21-17(19-7-11-1-4-14-15(5-11)25-10-24-14)8-23-18(22)12-2-3-13-16(6-12)26-9-20-13/h1-6,9H,7-8,10H2,(H,19,21). The topological polar surface area (TPSA) is 86.8 Å². The summed E-state index contributed by atoms with van der Waals surface area (Å²) in [7, 11) is 0. The van der Waals surface area contributed by atoms with Gasteiger partial charge in [0.25, 0.3) is 5.91 Å². The van der Waals surface area contributed by atoms with Crippen LogP contribution in [0.25, 0.3) is 10.2 Å². The summed E-state index contributed by atoms with van der Waals surface area (Å²) >= 11 is 1.44. The summed E-state index contributed by atoms with van der Waals surface area (Å²) in [6, 6.07) is 10.5. The first-order valence-corrected chi connectivity index (χ1v) is 8.72. The van der Waals surface area contributed by atoms with Gasteiger partial charge in [0.15, 0.2) is 18.1 Å². The molecule has 8 heteroatoms. The van der Waals surface area contributed by atoms with Crippen molar-refractivity contribution >= 4 is 33.4 Å². The molecule has 0 spiro atoms. The molecule has 26 heavy (non-hydrogen) atoms. The summed E-state index contributed by atoms with van der Waals surface area (Å²) in [4.78, 5) is 28.1. The van der Waals surface area contributed by atoms with E-state index in [1.807, 2.05) is 6.07 Å². The number of amides is 1. The van der Waals surface area contributed by atoms with Crippen molar-refractivity contribution in [3.63, 3.8) is 0 Å². The molecule has 2 aromatic carbocycles. The molecule has 0 bridgehead atoms. The maximum atomic E-state index is 12.1. The van der Waals surface area contributed by atoms with Gasteiger partial charge in [0, 0.05) is 6.54 Å². The molecule has 7 nitrogen and oxygen atoms in total. The number of nitrogens with zero attached hydrogens (tertiary/aromatic N) is 1. The lowest BCUT2D eigenvalue weighted by Crippen LogP contribution is -2.28. The first-order chi connectivity index (χ1) is 12.7. The molecule has 1 aliphatic rings. The average molecular weight is 370 g/mol. The van der Waals surface area contributed by atoms with Crippen LogP contribution in [0, 0.1) is 0 Å². The Bertz CT molecular complexity index is 985. The Morgan fingerprint density at radius 2 is 2.04 bits per heavy atom. The summed E-state index contributed by atoms with van der Waals surface area (Å²) < 4.78 is 16.5. The zero-order chi connectivity index (χ0) is 17.9. The first-order valence-electron chi connectivity index (χ1n) is 7.85. The van der Waals surface area contributed by atoms with Gasteiger partial charge in [-0.1, -0.05) is 6.07 Å². The lowest BCUT2D eigenvalue weighted by atomic mass is 10.2. The molecule has 0 radical (unpaired) electrons. The zero-order valence-corrected chi connectivity index (χ0v) is 14.4. The van der Waals surface area contributed by atoms with Crippen LogP contribution >= 0.6 is 11.3 Å². The molecule has 3 aromatic rings. The van der Waals surface area contributed by atoms with Gasteiger partial charge in [-0.3, -0.25) is 4.79 Å². The first kappa shape index (κ1) is 16.3. The van der Waals surface area contributed by atoms with E-state index in [1.165, 1.54) is 11.3 Å². The summed E-state index contributed by atoms with van der Waals surface area (Å²) in [6.07, 6.45) is 0. The molecular weight excluding hydrogens is 356 g/mol. The SMILES string of the molecule is O=C(COC(=O)c1ccc2ncsc2c1)NCc1ccc2c(c1)OCO2. The second-order valence-corrected chi connectivity index (χ2v) is 6.46. The van der Waals surface area contributed by atoms with E-state index in [0.717, 1.165) is 15.8 Å². The van der Waals surface area contributed by atoms with Gasteiger partial charge in [-0.25, -0.2) is 9.78 Å². The molecule has 1 amide bonds. The molecule has 0 atom stereocenters. The number of esters is 1. The number of aromatic nitrogens is 1. The number of hydrogen-bond donors (Lipinski definition) is 1. The summed E-state index contributed by atoms with van der Waals surface area (Å²) in [5.74, 6) is 0.418. The molecule has 1 N–H and O–H groups in total. The third kappa shape index (κ3) is 3.45. The van der Waals surface area contributed by atoms with Crippen LogP contribution in [0.2, 0.25) is 0 Å². The lowest BCUT2D eigenvalue weighted by Gasteiger charge is -2.07. The van der Waals surface area contributed by atoms with Crippen LogP contribution < -0.4 is 14.8 Å². The fourth-order valence-corrected chi connectivity index (χ4v) is 3.22. The highest BCUT2D eigenvalue weighted by atomic mass is 32.1. The Hall–Kier alpha value is -3.13. The van der Waals surface area contributed by atoms with Crippen LogP contribution in [0.5, 0.6) is 11.5 Å². The van der Waals surface area contributed by atoms with Crippen molar-refractivity contribution in [2.24, 2.45) is 0 Å². The van der Waals surface area contributed by atoms with Gasteiger partial charge in [0.2, 0.25) is 6.79 Å². The van der Waals surface area contributed by atoms with Crippen molar-refractivity contribution in [2.45, 2.75) is 6.54 Å². The van der Waals surface area contributed by atoms with Gasteiger partial charge in [-0.2, -0.15) is 0 Å². The van der Waals surface area contributed by atoms with E-state index in [1.54, 1.807) is 35.8 Å². The number of ether oxygens (including phenoxy) is 3. The monoisotopic (exact) mass is 370 g/mol. The van der Waals surface area contributed by atoms with Crippen LogP contribution in [-0.4, -0.2) is 30.3 Å². The molecule has 2 heterocycles. The van der Waals surface area contributed by atoms with Crippen molar-refractivity contribution in [2.75, 3.05) is 13.4 Å². The molecular formula is C18H14N2O5S. The Morgan fingerprint density at radius 3 is 2.96 bits per heavy atom. The number of nitrogens with one attached hydrogen (secondary N) is 1. The third-order valence-electron chi connectivity index (χ3n) is 3.83. The fourth-order valence-electron chi connectivity index (χ4n) is 2.50. The second-order valence-electron chi connectivity index (χ2n) is 5.58. The maximum absolute atomic E-state index is 12.1. The molecule has 0 aliphatic carbocycles. The molecule has 4 rings (SSSR count). The van der Waals surface area contributed by atoms with Crippen LogP contribution in [0.4, 0.5) is 0 Å². The molecule has 1 aromatic heterocycles. The fraction of sp³-hybridized carbons (Fsp3) is 0.167. The van der Waals surface area contributed by atoms with Crippen molar-refractivity contribution < 1.29 is 23.8 Å². The van der Waals surface area contributed by atoms with Crippen LogP contribution in [0.3, 0.4) is 0 Å². The average Bonchev–Trinajstić information content (AvgIpc) is 3.32. The highest BCUT2D eigenvalue weighted by Gasteiger charge is 2.14. The third-order valence-corrected chi connectivity index (χ3v) is 4.62. The number of fused-ring (bicyclic) bond motifs is 2. The summed E-state index contributed by atoms with van der Waals surface area (Å²) in [5.41, 5.74) is 3.80. The smallest absolute Gasteiger partial charge is 0.338 e. The van der Waals surface area contributed by atoms with Gasteiger partial charge in [-0.05, 0) is 35.9 Å². The molecule has 0 saturated heterocycles. The van der Waals surface area contributed by atoms with Crippen molar-refractivity contribution in [1.82, 2.24) is 10.3 Å². The van der Waals surface area contributed by atoms with Gasteiger partial charge >= 0.3 is 5.97 Å². The highest BCUT2D eigenvalue weighted by Crippen LogP contribution is 2.32. The predicted octanol–water partition coefficient (Wildman–Crippen LogP) is 2.50. The number of carbonyl (C=O) groups is 2. The van der Waals surface area contributed by atoms with E-state index in [-0.39, 0.29) is 19.3 Å². The van der Waals surface area contributed by atoms with E-state index in [2.05, 4.69) is 10.3 Å². The number of rotatable bonds is 5. The molecule has 0 fully saturated rings. The van der Waals surface area contributed by atoms with Gasteiger partial charge in [0.05, 0.1) is 21.3 Å². The van der Waals surface area contributed by atoms with Crippen LogP contribution in [0.15, 0.2) is 41.9 Å². The van der Waals surface area contributed by atoms with Crippen molar-refractivity contribution in [3.8, 4) is 11.5 Å². The van der Waals surface area contributed by atoms with Gasteiger partial charge in [0.1, 0.15) is 0 Å². The minimum absolute atomic E-state index is 0.203. The Kier molecular flexibility index (Phi) is 4.40. The quantitative estimate of drug-likeness (QED) is 0.695. The Morgan fingerprint density at radius 1 is 1.15 bits per heavy atom. The Balaban J connectivity index is 1.28. The Labute approximate surface area is 152 Å². The lowest BCUT2D eigenvalue weighted by molar-refractivity contribution is -0.124. The van der Waals surface area contributed by atoms with E-state index < -0.39 is 5.97 Å². The highest BCUT2D eigenvalue weighted by molar-refractivity contribution is 7.16. The minimum atomic E-state index is -0.543.